The van der Waals surface area contributed by atoms with Gasteiger partial charge in [0.1, 0.15) is 5.75 Å². The van der Waals surface area contributed by atoms with E-state index in [-0.39, 0.29) is 5.75 Å². The van der Waals surface area contributed by atoms with Crippen molar-refractivity contribution in [1.29, 1.82) is 0 Å². The lowest BCUT2D eigenvalue weighted by Gasteiger charge is -2.15. The van der Waals surface area contributed by atoms with Crippen molar-refractivity contribution in [3.05, 3.63) is 78.4 Å². The van der Waals surface area contributed by atoms with Gasteiger partial charge in [0, 0.05) is 25.5 Å². The molecule has 2 N–H and O–H groups in total. The average molecular weight is 404 g/mol. The number of carbonyl (C=O) groups is 2. The lowest BCUT2D eigenvalue weighted by molar-refractivity contribution is -0.123. The maximum Gasteiger partial charge on any atom is 0.338 e. The molecule has 3 aromatic rings. The molecule has 0 aliphatic rings. The quantitative estimate of drug-likeness (QED) is 0.599. The summed E-state index contributed by atoms with van der Waals surface area (Å²) in [6, 6.07) is 21.0. The summed E-state index contributed by atoms with van der Waals surface area (Å²) in [7, 11) is 3.87. The highest BCUT2D eigenvalue weighted by Crippen LogP contribution is 2.22. The number of rotatable bonds is 6. The molecule has 1 amide bonds. The molecule has 0 bridgehead atoms. The number of hydrogen-bond donors (Lipinski definition) is 2. The first-order valence-corrected chi connectivity index (χ1v) is 9.52. The number of phenolic OH excluding ortho intramolecular Hbond substituents is 1. The summed E-state index contributed by atoms with van der Waals surface area (Å²) in [6.45, 7) is 1.53. The van der Waals surface area contributed by atoms with E-state index < -0.39 is 18.0 Å². The molecule has 1 atom stereocenters. The molecular weight excluding hydrogens is 380 g/mol. The van der Waals surface area contributed by atoms with Crippen LogP contribution in [-0.2, 0) is 9.53 Å². The summed E-state index contributed by atoms with van der Waals surface area (Å²) in [4.78, 5) is 26.7. The molecular formula is C24H24N2O4. The largest absolute Gasteiger partial charge is 0.508 e. The molecule has 3 aromatic carbocycles. The van der Waals surface area contributed by atoms with Gasteiger partial charge in [0.05, 0.1) is 5.56 Å². The third kappa shape index (κ3) is 5.17. The fraction of sp³-hybridized carbons (Fsp3) is 0.167. The summed E-state index contributed by atoms with van der Waals surface area (Å²) < 4.78 is 5.30. The second-order valence-corrected chi connectivity index (χ2v) is 7.10. The third-order valence-electron chi connectivity index (χ3n) is 4.63. The number of amides is 1. The molecule has 0 aromatic heterocycles. The molecule has 0 heterocycles. The molecule has 0 unspecified atom stereocenters. The van der Waals surface area contributed by atoms with Crippen molar-refractivity contribution in [3.8, 4) is 16.9 Å². The van der Waals surface area contributed by atoms with Gasteiger partial charge in [-0.05, 0) is 66.6 Å². The summed E-state index contributed by atoms with van der Waals surface area (Å²) in [5.74, 6) is -0.778. The van der Waals surface area contributed by atoms with Gasteiger partial charge in [0.15, 0.2) is 6.10 Å². The number of benzene rings is 3. The van der Waals surface area contributed by atoms with Crippen molar-refractivity contribution >= 4 is 23.3 Å². The molecule has 6 nitrogen and oxygen atoms in total. The predicted molar refractivity (Wildman–Crippen MR) is 118 cm³/mol. The maximum absolute atomic E-state index is 12.4. The van der Waals surface area contributed by atoms with Crippen LogP contribution in [0.3, 0.4) is 0 Å². The van der Waals surface area contributed by atoms with Gasteiger partial charge in [0.25, 0.3) is 5.91 Å². The standard InChI is InChI=1S/C24H24N2O4/c1-16(23(28)25-20-10-12-21(13-11-20)26(2)3)30-24(29)19-6-4-17(5-7-19)18-8-14-22(27)15-9-18/h4-16,27H,1-3H3,(H,25,28)/t16-/m1/s1. The van der Waals surface area contributed by atoms with Crippen molar-refractivity contribution in [2.45, 2.75) is 13.0 Å². The molecule has 0 spiro atoms. The molecule has 154 valence electrons. The summed E-state index contributed by atoms with van der Waals surface area (Å²) in [6.07, 6.45) is -0.942. The van der Waals surface area contributed by atoms with Gasteiger partial charge < -0.3 is 20.1 Å². The summed E-state index contributed by atoms with van der Waals surface area (Å²) in [5.41, 5.74) is 3.82. The highest BCUT2D eigenvalue weighted by atomic mass is 16.5. The minimum atomic E-state index is -0.942. The fourth-order valence-corrected chi connectivity index (χ4v) is 2.82. The van der Waals surface area contributed by atoms with Crippen molar-refractivity contribution < 1.29 is 19.4 Å². The van der Waals surface area contributed by atoms with Crippen molar-refractivity contribution in [2.24, 2.45) is 0 Å². The van der Waals surface area contributed by atoms with Gasteiger partial charge in [-0.3, -0.25) is 4.79 Å². The molecule has 30 heavy (non-hydrogen) atoms. The molecule has 3 rings (SSSR count). The average Bonchev–Trinajstić information content (AvgIpc) is 2.74. The Labute approximate surface area is 175 Å². The van der Waals surface area contributed by atoms with Crippen LogP contribution in [0, 0.1) is 0 Å². The van der Waals surface area contributed by atoms with Crippen LogP contribution in [0.15, 0.2) is 72.8 Å². The topological polar surface area (TPSA) is 78.9 Å². The highest BCUT2D eigenvalue weighted by Gasteiger charge is 2.19. The molecule has 0 fully saturated rings. The molecule has 0 radical (unpaired) electrons. The zero-order valence-corrected chi connectivity index (χ0v) is 17.1. The van der Waals surface area contributed by atoms with E-state index in [9.17, 15) is 14.7 Å². The van der Waals surface area contributed by atoms with Gasteiger partial charge in [0.2, 0.25) is 0 Å². The van der Waals surface area contributed by atoms with Crippen LogP contribution in [-0.4, -0.2) is 37.2 Å². The van der Waals surface area contributed by atoms with Crippen LogP contribution in [0.5, 0.6) is 5.75 Å². The number of anilines is 2. The first-order chi connectivity index (χ1) is 14.3. The number of nitrogens with zero attached hydrogens (tertiary/aromatic N) is 1. The molecule has 0 saturated carbocycles. The van der Waals surface area contributed by atoms with Gasteiger partial charge in [-0.1, -0.05) is 24.3 Å². The van der Waals surface area contributed by atoms with Crippen LogP contribution in [0.1, 0.15) is 17.3 Å². The van der Waals surface area contributed by atoms with Gasteiger partial charge in [-0.15, -0.1) is 0 Å². The molecule has 0 aliphatic heterocycles. The Morgan fingerprint density at radius 3 is 1.93 bits per heavy atom. The summed E-state index contributed by atoms with van der Waals surface area (Å²) >= 11 is 0. The van der Waals surface area contributed by atoms with E-state index in [1.807, 2.05) is 31.1 Å². The normalized spacial score (nSPS) is 11.4. The van der Waals surface area contributed by atoms with Crippen LogP contribution < -0.4 is 10.2 Å². The molecule has 0 saturated heterocycles. The number of phenols is 1. The minimum Gasteiger partial charge on any atom is -0.508 e. The van der Waals surface area contributed by atoms with E-state index in [4.69, 9.17) is 4.74 Å². The number of ether oxygens (including phenoxy) is 1. The highest BCUT2D eigenvalue weighted by molar-refractivity contribution is 5.97. The second-order valence-electron chi connectivity index (χ2n) is 7.10. The Morgan fingerprint density at radius 1 is 0.867 bits per heavy atom. The van der Waals surface area contributed by atoms with E-state index in [0.29, 0.717) is 11.3 Å². The van der Waals surface area contributed by atoms with Gasteiger partial charge in [-0.25, -0.2) is 4.79 Å². The van der Waals surface area contributed by atoms with Crippen molar-refractivity contribution in [1.82, 2.24) is 0 Å². The molecule has 0 aliphatic carbocycles. The number of aromatic hydroxyl groups is 1. The van der Waals surface area contributed by atoms with E-state index in [2.05, 4.69) is 5.32 Å². The number of nitrogens with one attached hydrogen (secondary N) is 1. The first kappa shape index (κ1) is 20.9. The summed E-state index contributed by atoms with van der Waals surface area (Å²) in [5, 5.41) is 12.1. The lowest BCUT2D eigenvalue weighted by Crippen LogP contribution is -2.30. The van der Waals surface area contributed by atoms with Crippen LogP contribution in [0.25, 0.3) is 11.1 Å². The van der Waals surface area contributed by atoms with Gasteiger partial charge in [-0.2, -0.15) is 0 Å². The van der Waals surface area contributed by atoms with Crippen LogP contribution in [0.2, 0.25) is 0 Å². The number of carbonyl (C=O) groups excluding carboxylic acids is 2. The first-order valence-electron chi connectivity index (χ1n) is 9.52. The fourth-order valence-electron chi connectivity index (χ4n) is 2.82. The van der Waals surface area contributed by atoms with Crippen LogP contribution in [0.4, 0.5) is 11.4 Å². The molecule has 6 heteroatoms. The van der Waals surface area contributed by atoms with E-state index in [1.54, 1.807) is 60.7 Å². The number of hydrogen-bond acceptors (Lipinski definition) is 5. The lowest BCUT2D eigenvalue weighted by atomic mass is 10.0. The van der Waals surface area contributed by atoms with E-state index >= 15 is 0 Å². The maximum atomic E-state index is 12.4. The second kappa shape index (κ2) is 9.13. The Bertz CT molecular complexity index is 1010. The Morgan fingerprint density at radius 2 is 1.40 bits per heavy atom. The number of esters is 1. The zero-order chi connectivity index (χ0) is 21.7. The van der Waals surface area contributed by atoms with Crippen molar-refractivity contribution in [3.63, 3.8) is 0 Å². The smallest absolute Gasteiger partial charge is 0.338 e. The van der Waals surface area contributed by atoms with Gasteiger partial charge >= 0.3 is 5.97 Å². The zero-order valence-electron chi connectivity index (χ0n) is 17.1. The SMILES string of the molecule is C[C@@H](OC(=O)c1ccc(-c2ccc(O)cc2)cc1)C(=O)Nc1ccc(N(C)C)cc1. The minimum absolute atomic E-state index is 0.194. The van der Waals surface area contributed by atoms with E-state index in [0.717, 1.165) is 16.8 Å². The third-order valence-corrected chi connectivity index (χ3v) is 4.63. The monoisotopic (exact) mass is 404 g/mol. The Kier molecular flexibility index (Phi) is 6.37. The predicted octanol–water partition coefficient (Wildman–Crippen LogP) is 4.31. The van der Waals surface area contributed by atoms with E-state index in [1.165, 1.54) is 6.92 Å². The van der Waals surface area contributed by atoms with Crippen LogP contribution >= 0.6 is 0 Å². The Balaban J connectivity index is 1.59. The van der Waals surface area contributed by atoms with Crippen molar-refractivity contribution in [2.75, 3.05) is 24.3 Å². The Hall–Kier alpha value is -3.80.